The molecule has 1 aliphatic heterocycles. The first-order valence-corrected chi connectivity index (χ1v) is 4.30. The highest BCUT2D eigenvalue weighted by molar-refractivity contribution is 5.83. The largest absolute Gasteiger partial charge is 0.353 e. The Morgan fingerprint density at radius 1 is 1.38 bits per heavy atom. The summed E-state index contributed by atoms with van der Waals surface area (Å²) in [6.45, 7) is 1.50. The SMILES string of the molecule is O=C1NCCN[C@H]1c1ccccn1. The average molecular weight is 177 g/mol. The number of hydrogen-bond donors (Lipinski definition) is 2. The molecule has 1 atom stereocenters. The molecule has 0 radical (unpaired) electrons. The van der Waals surface area contributed by atoms with Crippen molar-refractivity contribution in [2.75, 3.05) is 13.1 Å². The molecular weight excluding hydrogens is 166 g/mol. The number of hydrogen-bond acceptors (Lipinski definition) is 3. The topological polar surface area (TPSA) is 54.0 Å². The molecule has 0 bridgehead atoms. The van der Waals surface area contributed by atoms with E-state index in [1.54, 1.807) is 6.20 Å². The van der Waals surface area contributed by atoms with Crippen LogP contribution in [0.4, 0.5) is 0 Å². The van der Waals surface area contributed by atoms with Gasteiger partial charge in [-0.25, -0.2) is 0 Å². The summed E-state index contributed by atoms with van der Waals surface area (Å²) in [5, 5.41) is 5.90. The van der Waals surface area contributed by atoms with Gasteiger partial charge in [0.1, 0.15) is 6.04 Å². The molecule has 0 unspecified atom stereocenters. The second-order valence-corrected chi connectivity index (χ2v) is 2.93. The second-order valence-electron chi connectivity index (χ2n) is 2.93. The van der Waals surface area contributed by atoms with Crippen molar-refractivity contribution in [3.05, 3.63) is 30.1 Å². The van der Waals surface area contributed by atoms with Gasteiger partial charge in [-0.1, -0.05) is 6.07 Å². The molecule has 13 heavy (non-hydrogen) atoms. The Kier molecular flexibility index (Phi) is 2.23. The Labute approximate surface area is 76.4 Å². The van der Waals surface area contributed by atoms with E-state index in [4.69, 9.17) is 0 Å². The maximum absolute atomic E-state index is 11.4. The molecule has 1 aromatic rings. The van der Waals surface area contributed by atoms with E-state index in [9.17, 15) is 4.79 Å². The van der Waals surface area contributed by atoms with Crippen molar-refractivity contribution in [2.24, 2.45) is 0 Å². The first-order chi connectivity index (χ1) is 6.38. The first kappa shape index (κ1) is 8.19. The zero-order chi connectivity index (χ0) is 9.10. The summed E-state index contributed by atoms with van der Waals surface area (Å²) >= 11 is 0. The zero-order valence-electron chi connectivity index (χ0n) is 7.16. The molecule has 68 valence electrons. The van der Waals surface area contributed by atoms with Crippen LogP contribution in [0.25, 0.3) is 0 Å². The van der Waals surface area contributed by atoms with Crippen LogP contribution in [-0.4, -0.2) is 24.0 Å². The standard InChI is InChI=1S/C9H11N3O/c13-9-8(11-5-6-12-9)7-3-1-2-4-10-7/h1-4,8,11H,5-6H2,(H,12,13)/t8-/m0/s1. The maximum atomic E-state index is 11.4. The van der Waals surface area contributed by atoms with Crippen LogP contribution in [0.1, 0.15) is 11.7 Å². The summed E-state index contributed by atoms with van der Waals surface area (Å²) in [4.78, 5) is 15.5. The zero-order valence-corrected chi connectivity index (χ0v) is 7.16. The van der Waals surface area contributed by atoms with Gasteiger partial charge in [0.25, 0.3) is 0 Å². The minimum atomic E-state index is -0.282. The minimum absolute atomic E-state index is 0.00458. The Hall–Kier alpha value is -1.42. The molecular formula is C9H11N3O. The number of piperazine rings is 1. The number of nitrogens with one attached hydrogen (secondary N) is 2. The van der Waals surface area contributed by atoms with E-state index in [2.05, 4.69) is 15.6 Å². The molecule has 1 saturated heterocycles. The molecule has 1 amide bonds. The van der Waals surface area contributed by atoms with Gasteiger partial charge in [0.2, 0.25) is 5.91 Å². The van der Waals surface area contributed by atoms with Gasteiger partial charge in [-0.3, -0.25) is 15.1 Å². The fourth-order valence-corrected chi connectivity index (χ4v) is 1.38. The highest BCUT2D eigenvalue weighted by atomic mass is 16.2. The van der Waals surface area contributed by atoms with Crippen LogP contribution in [0.5, 0.6) is 0 Å². The second kappa shape index (κ2) is 3.53. The van der Waals surface area contributed by atoms with Gasteiger partial charge in [0.05, 0.1) is 5.69 Å². The lowest BCUT2D eigenvalue weighted by atomic mass is 10.1. The monoisotopic (exact) mass is 177 g/mol. The van der Waals surface area contributed by atoms with Gasteiger partial charge in [0.15, 0.2) is 0 Å². The van der Waals surface area contributed by atoms with E-state index >= 15 is 0 Å². The van der Waals surface area contributed by atoms with Crippen LogP contribution < -0.4 is 10.6 Å². The third kappa shape index (κ3) is 1.67. The average Bonchev–Trinajstić information content (AvgIpc) is 2.20. The molecule has 4 nitrogen and oxygen atoms in total. The Balaban J connectivity index is 2.20. The summed E-state index contributed by atoms with van der Waals surface area (Å²) in [6, 6.07) is 5.29. The normalized spacial score (nSPS) is 22.5. The lowest BCUT2D eigenvalue weighted by Crippen LogP contribution is -2.47. The van der Waals surface area contributed by atoms with Crippen molar-refractivity contribution in [3.8, 4) is 0 Å². The fraction of sp³-hybridized carbons (Fsp3) is 0.333. The Morgan fingerprint density at radius 3 is 3.00 bits per heavy atom. The lowest BCUT2D eigenvalue weighted by Gasteiger charge is -2.22. The number of rotatable bonds is 1. The van der Waals surface area contributed by atoms with Crippen molar-refractivity contribution < 1.29 is 4.79 Å². The third-order valence-corrected chi connectivity index (χ3v) is 2.02. The van der Waals surface area contributed by atoms with Crippen molar-refractivity contribution in [1.82, 2.24) is 15.6 Å². The molecule has 4 heteroatoms. The van der Waals surface area contributed by atoms with Crippen LogP contribution >= 0.6 is 0 Å². The first-order valence-electron chi connectivity index (χ1n) is 4.30. The summed E-state index contributed by atoms with van der Waals surface area (Å²) in [5.74, 6) is 0.00458. The minimum Gasteiger partial charge on any atom is -0.353 e. The molecule has 0 aliphatic carbocycles. The highest BCUT2D eigenvalue weighted by Crippen LogP contribution is 2.10. The van der Waals surface area contributed by atoms with E-state index in [0.717, 1.165) is 12.2 Å². The van der Waals surface area contributed by atoms with E-state index in [-0.39, 0.29) is 11.9 Å². The highest BCUT2D eigenvalue weighted by Gasteiger charge is 2.23. The molecule has 0 aromatic carbocycles. The quantitative estimate of drug-likeness (QED) is 0.627. The maximum Gasteiger partial charge on any atom is 0.243 e. The van der Waals surface area contributed by atoms with E-state index in [1.165, 1.54) is 0 Å². The van der Waals surface area contributed by atoms with Gasteiger partial charge in [-0.15, -0.1) is 0 Å². The third-order valence-electron chi connectivity index (χ3n) is 2.02. The lowest BCUT2D eigenvalue weighted by molar-refractivity contribution is -0.124. The van der Waals surface area contributed by atoms with Gasteiger partial charge in [-0.05, 0) is 12.1 Å². The van der Waals surface area contributed by atoms with E-state index in [1.807, 2.05) is 18.2 Å². The van der Waals surface area contributed by atoms with E-state index < -0.39 is 0 Å². The van der Waals surface area contributed by atoms with Crippen LogP contribution in [-0.2, 0) is 4.79 Å². The van der Waals surface area contributed by atoms with Gasteiger partial charge in [-0.2, -0.15) is 0 Å². The van der Waals surface area contributed by atoms with E-state index in [0.29, 0.717) is 6.54 Å². The van der Waals surface area contributed by atoms with Crippen molar-refractivity contribution in [1.29, 1.82) is 0 Å². The number of nitrogens with zero attached hydrogens (tertiary/aromatic N) is 1. The number of carbonyl (C=O) groups is 1. The van der Waals surface area contributed by atoms with Crippen LogP contribution in [0.2, 0.25) is 0 Å². The van der Waals surface area contributed by atoms with Crippen LogP contribution in [0.3, 0.4) is 0 Å². The molecule has 2 heterocycles. The van der Waals surface area contributed by atoms with Crippen LogP contribution in [0.15, 0.2) is 24.4 Å². The number of carbonyl (C=O) groups excluding carboxylic acids is 1. The molecule has 2 N–H and O–H groups in total. The summed E-state index contributed by atoms with van der Waals surface area (Å²) < 4.78 is 0. The summed E-state index contributed by atoms with van der Waals surface area (Å²) in [6.07, 6.45) is 1.69. The predicted octanol–water partition coefficient (Wildman–Crippen LogP) is -0.158. The molecule has 0 spiro atoms. The van der Waals surface area contributed by atoms with Gasteiger partial charge < -0.3 is 5.32 Å². The summed E-state index contributed by atoms with van der Waals surface area (Å²) in [5.41, 5.74) is 0.778. The predicted molar refractivity (Wildman–Crippen MR) is 48.0 cm³/mol. The molecule has 0 saturated carbocycles. The smallest absolute Gasteiger partial charge is 0.243 e. The molecule has 2 rings (SSSR count). The number of amides is 1. The van der Waals surface area contributed by atoms with Gasteiger partial charge >= 0.3 is 0 Å². The summed E-state index contributed by atoms with van der Waals surface area (Å²) in [7, 11) is 0. The molecule has 1 aromatic heterocycles. The van der Waals surface area contributed by atoms with Crippen LogP contribution in [0, 0.1) is 0 Å². The van der Waals surface area contributed by atoms with Crippen molar-refractivity contribution in [3.63, 3.8) is 0 Å². The van der Waals surface area contributed by atoms with Gasteiger partial charge in [0, 0.05) is 19.3 Å². The fourth-order valence-electron chi connectivity index (χ4n) is 1.38. The number of aromatic nitrogens is 1. The Morgan fingerprint density at radius 2 is 2.31 bits per heavy atom. The van der Waals surface area contributed by atoms with Crippen molar-refractivity contribution in [2.45, 2.75) is 6.04 Å². The Bertz CT molecular complexity index is 299. The molecule has 1 fully saturated rings. The molecule has 1 aliphatic rings. The van der Waals surface area contributed by atoms with Crippen molar-refractivity contribution >= 4 is 5.91 Å². The number of pyridine rings is 1.